The first-order valence-corrected chi connectivity index (χ1v) is 12.0. The lowest BCUT2D eigenvalue weighted by Gasteiger charge is -2.49. The maximum Gasteiger partial charge on any atom is 0.352 e. The number of rotatable bonds is 7. The molecule has 3 aromatic rings. The number of oxime groups is 1. The highest BCUT2D eigenvalue weighted by molar-refractivity contribution is 8.00. The first-order valence-electron chi connectivity index (χ1n) is 11.0. The van der Waals surface area contributed by atoms with Gasteiger partial charge in [-0.25, -0.2) is 9.36 Å². The fourth-order valence-corrected chi connectivity index (χ4v) is 5.66. The number of hydrogen-bond acceptors (Lipinski definition) is 10. The summed E-state index contributed by atoms with van der Waals surface area (Å²) in [7, 11) is 1.25. The maximum atomic E-state index is 13.0. The van der Waals surface area contributed by atoms with Crippen LogP contribution < -0.4 is 21.4 Å². The van der Waals surface area contributed by atoms with Gasteiger partial charge in [-0.2, -0.15) is 4.98 Å². The molecule has 4 heterocycles. The van der Waals surface area contributed by atoms with Crippen LogP contribution in [0.3, 0.4) is 0 Å². The molecule has 2 atom stereocenters. The molecule has 14 heteroatoms. The molecule has 0 aliphatic carbocycles. The second kappa shape index (κ2) is 9.46. The maximum absolute atomic E-state index is 13.0. The monoisotopic (exact) mass is 524 g/mol. The highest BCUT2D eigenvalue weighted by Gasteiger charge is 2.54. The average molecular weight is 525 g/mol. The Kier molecular flexibility index (Phi) is 6.17. The molecule has 2 aliphatic heterocycles. The second-order valence-corrected chi connectivity index (χ2v) is 9.38. The van der Waals surface area contributed by atoms with Crippen molar-refractivity contribution in [2.75, 3.05) is 24.3 Å². The van der Waals surface area contributed by atoms with Crippen molar-refractivity contribution in [3.63, 3.8) is 0 Å². The van der Waals surface area contributed by atoms with Crippen molar-refractivity contribution >= 4 is 57.7 Å². The van der Waals surface area contributed by atoms with Gasteiger partial charge >= 0.3 is 5.97 Å². The van der Waals surface area contributed by atoms with E-state index in [0.717, 1.165) is 17.0 Å². The standard InChI is InChI=1S/C23H21N7O6S/c1-35-28-16(15-9-36-23(25)26-15)19(31)27-17-20(32)30-18(22(33)34)12(10-37-21(17)30)8-29-6-5-13-11(7-29)3-2-4-14(13)24/h2-7,9,17,21H,8,10,24H2,1H3,(H3-,25,26,27,31,33,34)/p+1/b28-16-/t17?,21-/m1/s1. The molecule has 6 N–H and O–H groups in total. The van der Waals surface area contributed by atoms with Gasteiger partial charge in [-0.05, 0) is 12.1 Å². The molecule has 0 saturated carbocycles. The van der Waals surface area contributed by atoms with Crippen LogP contribution in [0, 0.1) is 0 Å². The molecule has 2 aliphatic rings. The zero-order chi connectivity index (χ0) is 26.3. The number of pyridine rings is 1. The van der Waals surface area contributed by atoms with E-state index in [4.69, 9.17) is 20.7 Å². The van der Waals surface area contributed by atoms with E-state index in [2.05, 4.69) is 15.5 Å². The van der Waals surface area contributed by atoms with E-state index < -0.39 is 29.2 Å². The Morgan fingerprint density at radius 1 is 1.38 bits per heavy atom. The van der Waals surface area contributed by atoms with Gasteiger partial charge in [-0.15, -0.1) is 11.8 Å². The van der Waals surface area contributed by atoms with E-state index >= 15 is 0 Å². The first kappa shape index (κ1) is 24.1. The minimum absolute atomic E-state index is 0.0272. The number of nitrogens with two attached hydrogens (primary N) is 2. The fraction of sp³-hybridized carbons (Fsp3) is 0.217. The van der Waals surface area contributed by atoms with Gasteiger partial charge in [0.25, 0.3) is 17.8 Å². The van der Waals surface area contributed by atoms with E-state index in [-0.39, 0.29) is 29.7 Å². The van der Waals surface area contributed by atoms with E-state index in [0.29, 0.717) is 17.0 Å². The quantitative estimate of drug-likeness (QED) is 0.108. The number of aromatic nitrogens is 2. The number of nitrogen functional groups attached to an aromatic ring is 2. The average Bonchev–Trinajstić information content (AvgIpc) is 3.31. The predicted molar refractivity (Wildman–Crippen MR) is 133 cm³/mol. The van der Waals surface area contributed by atoms with Crippen LogP contribution in [0.1, 0.15) is 5.69 Å². The topological polar surface area (TPSA) is 190 Å². The van der Waals surface area contributed by atoms with Crippen LogP contribution in [-0.4, -0.2) is 62.8 Å². The Morgan fingerprint density at radius 2 is 2.19 bits per heavy atom. The number of hydrogen-bond donors (Lipinski definition) is 4. The molecular weight excluding hydrogens is 502 g/mol. The number of benzene rings is 1. The normalized spacial score (nSPS) is 19.4. The van der Waals surface area contributed by atoms with Gasteiger partial charge in [-0.3, -0.25) is 14.5 Å². The lowest BCUT2D eigenvalue weighted by atomic mass is 10.0. The van der Waals surface area contributed by atoms with Gasteiger partial charge in [0.1, 0.15) is 36.2 Å². The van der Waals surface area contributed by atoms with Gasteiger partial charge in [0.15, 0.2) is 24.7 Å². The molecular formula is C23H22N7O6S+. The molecule has 1 saturated heterocycles. The minimum atomic E-state index is -1.22. The number of aliphatic carboxylic acids is 1. The van der Waals surface area contributed by atoms with Gasteiger partial charge in [-0.1, -0.05) is 11.2 Å². The largest absolute Gasteiger partial charge is 0.477 e. The highest BCUT2D eigenvalue weighted by Crippen LogP contribution is 2.40. The molecule has 5 rings (SSSR count). The van der Waals surface area contributed by atoms with Gasteiger partial charge in [0, 0.05) is 33.9 Å². The van der Waals surface area contributed by atoms with Crippen molar-refractivity contribution in [2.45, 2.75) is 18.0 Å². The Hall–Kier alpha value is -4.59. The van der Waals surface area contributed by atoms with Crippen molar-refractivity contribution in [3.05, 3.63) is 59.9 Å². The number of nitrogens with zero attached hydrogens (tertiary/aromatic N) is 4. The number of carbonyl (C=O) groups excluding carboxylic acids is 2. The Bertz CT molecular complexity index is 1500. The lowest BCUT2D eigenvalue weighted by molar-refractivity contribution is -0.687. The number of β-lactam (4-membered cyclic amide) rings is 1. The summed E-state index contributed by atoms with van der Waals surface area (Å²) in [5.74, 6) is -2.16. The number of carboxylic acids is 1. The summed E-state index contributed by atoms with van der Waals surface area (Å²) >= 11 is 1.36. The van der Waals surface area contributed by atoms with Crippen LogP contribution in [-0.2, 0) is 25.8 Å². The summed E-state index contributed by atoms with van der Waals surface area (Å²) in [6, 6.07) is 6.31. The zero-order valence-electron chi connectivity index (χ0n) is 19.5. The van der Waals surface area contributed by atoms with Crippen LogP contribution in [0.25, 0.3) is 10.8 Å². The van der Waals surface area contributed by atoms with Crippen LogP contribution in [0.15, 0.2) is 63.8 Å². The number of carbonyl (C=O) groups is 3. The van der Waals surface area contributed by atoms with Crippen LogP contribution >= 0.6 is 11.8 Å². The molecule has 2 amide bonds. The van der Waals surface area contributed by atoms with Crippen LogP contribution in [0.5, 0.6) is 0 Å². The molecule has 37 heavy (non-hydrogen) atoms. The van der Waals surface area contributed by atoms with Gasteiger partial charge in [0.05, 0.1) is 0 Å². The van der Waals surface area contributed by atoms with Crippen LogP contribution in [0.2, 0.25) is 0 Å². The van der Waals surface area contributed by atoms with E-state index in [1.807, 2.05) is 41.2 Å². The summed E-state index contributed by atoms with van der Waals surface area (Å²) < 4.78 is 6.76. The molecule has 0 bridgehead atoms. The Labute approximate surface area is 213 Å². The number of carboxylic acid groups (broad SMARTS) is 1. The molecule has 190 valence electrons. The van der Waals surface area contributed by atoms with Gasteiger partial charge in [0.2, 0.25) is 0 Å². The van der Waals surface area contributed by atoms with Gasteiger partial charge < -0.3 is 31.1 Å². The third-order valence-electron chi connectivity index (χ3n) is 5.98. The number of oxazole rings is 1. The molecule has 0 radical (unpaired) electrons. The number of anilines is 2. The van der Waals surface area contributed by atoms with E-state index in [9.17, 15) is 19.5 Å². The number of thioether (sulfide) groups is 1. The van der Waals surface area contributed by atoms with E-state index in [1.54, 1.807) is 0 Å². The summed E-state index contributed by atoms with van der Waals surface area (Å²) in [6.45, 7) is 0.269. The van der Waals surface area contributed by atoms with E-state index in [1.165, 1.54) is 23.8 Å². The molecule has 1 aromatic carbocycles. The Balaban J connectivity index is 1.36. The molecule has 1 unspecified atom stereocenters. The molecule has 2 aromatic heterocycles. The summed E-state index contributed by atoms with van der Waals surface area (Å²) in [5.41, 5.74) is 12.4. The predicted octanol–water partition coefficient (Wildman–Crippen LogP) is 0.0690. The van der Waals surface area contributed by atoms with Crippen molar-refractivity contribution in [3.8, 4) is 0 Å². The zero-order valence-corrected chi connectivity index (χ0v) is 20.3. The Morgan fingerprint density at radius 3 is 2.89 bits per heavy atom. The molecule has 0 spiro atoms. The van der Waals surface area contributed by atoms with Crippen LogP contribution in [0.4, 0.5) is 11.7 Å². The number of fused-ring (bicyclic) bond motifs is 2. The highest BCUT2D eigenvalue weighted by atomic mass is 32.2. The minimum Gasteiger partial charge on any atom is -0.477 e. The van der Waals surface area contributed by atoms with Crippen molar-refractivity contribution in [1.82, 2.24) is 15.2 Å². The number of nitrogens with one attached hydrogen (secondary N) is 1. The second-order valence-electron chi connectivity index (χ2n) is 8.28. The van der Waals surface area contributed by atoms with Crippen molar-refractivity contribution < 1.29 is 33.3 Å². The third kappa shape index (κ3) is 4.31. The van der Waals surface area contributed by atoms with Crippen molar-refractivity contribution in [2.24, 2.45) is 5.16 Å². The lowest BCUT2D eigenvalue weighted by Crippen LogP contribution is -2.71. The molecule has 13 nitrogen and oxygen atoms in total. The smallest absolute Gasteiger partial charge is 0.352 e. The molecule has 1 fully saturated rings. The first-order chi connectivity index (χ1) is 17.8. The summed E-state index contributed by atoms with van der Waals surface area (Å²) in [5, 5.41) is 17.4. The summed E-state index contributed by atoms with van der Waals surface area (Å²) in [4.78, 5) is 47.9. The fourth-order valence-electron chi connectivity index (χ4n) is 4.32. The van der Waals surface area contributed by atoms with Crippen molar-refractivity contribution in [1.29, 1.82) is 0 Å². The third-order valence-corrected chi connectivity index (χ3v) is 7.32. The summed E-state index contributed by atoms with van der Waals surface area (Å²) in [6.07, 6.45) is 4.83. The SMILES string of the molecule is CO/N=C(\C(=O)NC1C(=O)N2C(C(=O)O)=C(C[n+]3ccc4c(N)cccc4c3)CS[C@H]12)c1coc(N)n1. The number of amides is 2.